The molecule has 0 radical (unpaired) electrons. The molecule has 2 aromatic heterocycles. The molecule has 2 aromatic carbocycles. The number of benzene rings is 2. The number of aliphatic carboxylic acids is 1. The van der Waals surface area contributed by atoms with Crippen molar-refractivity contribution in [2.45, 2.75) is 64.0 Å². The van der Waals surface area contributed by atoms with Crippen LogP contribution in [0, 0.1) is 5.92 Å². The van der Waals surface area contributed by atoms with Crippen molar-refractivity contribution in [3.8, 4) is 0 Å². The lowest BCUT2D eigenvalue weighted by Gasteiger charge is -2.34. The SMILES string of the molecule is COC(=O)N1c2ccc3c(nc(Cc4ccc5c(ccn5C)c4)n3C3CCC(C(=O)O)CC3)c2CC[C@@H]1C. The van der Waals surface area contributed by atoms with Gasteiger partial charge in [-0.2, -0.15) is 0 Å². The number of methoxy groups -OCH3 is 1. The molecule has 0 unspecified atom stereocenters. The summed E-state index contributed by atoms with van der Waals surface area (Å²) in [6.07, 6.45) is 7.08. The van der Waals surface area contributed by atoms with E-state index in [0.717, 1.165) is 53.8 Å². The molecule has 0 spiro atoms. The zero-order chi connectivity index (χ0) is 26.6. The van der Waals surface area contributed by atoms with Crippen LogP contribution in [0.1, 0.15) is 62.0 Å². The summed E-state index contributed by atoms with van der Waals surface area (Å²) >= 11 is 0. The summed E-state index contributed by atoms with van der Waals surface area (Å²) in [5, 5.41) is 10.7. The summed E-state index contributed by atoms with van der Waals surface area (Å²) in [5.74, 6) is 0.0277. The number of carboxylic acid groups (broad SMARTS) is 1. The van der Waals surface area contributed by atoms with Crippen LogP contribution >= 0.6 is 0 Å². The Balaban J connectivity index is 1.46. The van der Waals surface area contributed by atoms with Gasteiger partial charge in [0, 0.05) is 42.8 Å². The lowest BCUT2D eigenvalue weighted by atomic mass is 9.85. The summed E-state index contributed by atoms with van der Waals surface area (Å²) in [4.78, 5) is 31.3. The monoisotopic (exact) mass is 514 g/mol. The quantitative estimate of drug-likeness (QED) is 0.369. The van der Waals surface area contributed by atoms with Gasteiger partial charge in [-0.3, -0.25) is 9.69 Å². The second-order valence-electron chi connectivity index (χ2n) is 10.9. The van der Waals surface area contributed by atoms with Gasteiger partial charge in [0.15, 0.2) is 0 Å². The van der Waals surface area contributed by atoms with Crippen molar-refractivity contribution in [3.63, 3.8) is 0 Å². The van der Waals surface area contributed by atoms with Gasteiger partial charge in [0.2, 0.25) is 0 Å². The minimum atomic E-state index is -0.693. The van der Waals surface area contributed by atoms with Crippen molar-refractivity contribution in [1.29, 1.82) is 0 Å². The van der Waals surface area contributed by atoms with E-state index in [0.29, 0.717) is 19.3 Å². The minimum Gasteiger partial charge on any atom is -0.481 e. The van der Waals surface area contributed by atoms with Gasteiger partial charge < -0.3 is 19.0 Å². The number of rotatable bonds is 4. The number of nitrogens with zero attached hydrogens (tertiary/aromatic N) is 4. The third-order valence-electron chi connectivity index (χ3n) is 8.62. The normalized spacial score (nSPS) is 21.6. The number of imidazole rings is 1. The Morgan fingerprint density at radius 1 is 1.05 bits per heavy atom. The maximum absolute atomic E-state index is 12.7. The molecule has 0 bridgehead atoms. The van der Waals surface area contributed by atoms with Gasteiger partial charge in [0.25, 0.3) is 0 Å². The van der Waals surface area contributed by atoms with E-state index in [1.165, 1.54) is 23.6 Å². The van der Waals surface area contributed by atoms with Gasteiger partial charge in [0.1, 0.15) is 5.82 Å². The molecule has 2 aliphatic rings. The van der Waals surface area contributed by atoms with Crippen molar-refractivity contribution < 1.29 is 19.4 Å². The summed E-state index contributed by atoms with van der Waals surface area (Å²) in [6.45, 7) is 2.05. The van der Waals surface area contributed by atoms with Crippen molar-refractivity contribution in [3.05, 3.63) is 59.5 Å². The van der Waals surface area contributed by atoms with Gasteiger partial charge in [-0.1, -0.05) is 6.07 Å². The molecule has 1 aliphatic heterocycles. The van der Waals surface area contributed by atoms with E-state index in [2.05, 4.69) is 59.6 Å². The molecule has 1 N–H and O–H groups in total. The van der Waals surface area contributed by atoms with Crippen LogP contribution in [0.5, 0.6) is 0 Å². The standard InChI is InChI=1S/C30H34N4O4/c1-18-4-10-23-25(33(18)30(37)38-3)12-13-26-28(23)31-27(34(26)22-8-6-20(7-9-22)29(35)36)17-19-5-11-24-21(16-19)14-15-32(24)2/h5,11-16,18,20,22H,4,6-10,17H2,1-3H3,(H,35,36)/t18-,20?,22?/m0/s1. The Labute approximate surface area is 221 Å². The molecule has 198 valence electrons. The first-order chi connectivity index (χ1) is 18.4. The van der Waals surface area contributed by atoms with Gasteiger partial charge in [0.05, 0.1) is 29.7 Å². The van der Waals surface area contributed by atoms with E-state index in [1.54, 1.807) is 4.90 Å². The van der Waals surface area contributed by atoms with E-state index in [-0.39, 0.29) is 24.1 Å². The number of carboxylic acids is 1. The lowest BCUT2D eigenvalue weighted by molar-refractivity contribution is -0.143. The van der Waals surface area contributed by atoms with Crippen molar-refractivity contribution in [2.75, 3.05) is 12.0 Å². The number of anilines is 1. The zero-order valence-electron chi connectivity index (χ0n) is 22.2. The number of ether oxygens (including phenoxy) is 1. The van der Waals surface area contributed by atoms with E-state index >= 15 is 0 Å². The highest BCUT2D eigenvalue weighted by molar-refractivity contribution is 5.95. The third kappa shape index (κ3) is 4.03. The van der Waals surface area contributed by atoms with Crippen LogP contribution in [0.15, 0.2) is 42.6 Å². The summed E-state index contributed by atoms with van der Waals surface area (Å²) in [7, 11) is 3.47. The Morgan fingerprint density at radius 3 is 2.55 bits per heavy atom. The van der Waals surface area contributed by atoms with Crippen LogP contribution in [0.3, 0.4) is 0 Å². The van der Waals surface area contributed by atoms with E-state index < -0.39 is 5.97 Å². The Morgan fingerprint density at radius 2 is 1.82 bits per heavy atom. The number of carbonyl (C=O) groups excluding carboxylic acids is 1. The average molecular weight is 515 g/mol. The highest BCUT2D eigenvalue weighted by Gasteiger charge is 2.33. The van der Waals surface area contributed by atoms with Crippen LogP contribution in [-0.2, 0) is 29.4 Å². The predicted molar refractivity (Wildman–Crippen MR) is 147 cm³/mol. The molecule has 0 saturated heterocycles. The van der Waals surface area contributed by atoms with Crippen molar-refractivity contribution in [2.24, 2.45) is 13.0 Å². The fourth-order valence-electron chi connectivity index (χ4n) is 6.56. The first kappa shape index (κ1) is 24.5. The fourth-order valence-corrected chi connectivity index (χ4v) is 6.56. The van der Waals surface area contributed by atoms with Gasteiger partial charge in [-0.05, 0) is 86.7 Å². The average Bonchev–Trinajstić information content (AvgIpc) is 3.47. The van der Waals surface area contributed by atoms with Crippen LogP contribution in [0.4, 0.5) is 10.5 Å². The number of carbonyl (C=O) groups is 2. The largest absolute Gasteiger partial charge is 0.481 e. The summed E-state index contributed by atoms with van der Waals surface area (Å²) < 4.78 is 9.60. The van der Waals surface area contributed by atoms with Crippen LogP contribution < -0.4 is 4.90 Å². The predicted octanol–water partition coefficient (Wildman–Crippen LogP) is 5.84. The van der Waals surface area contributed by atoms with Gasteiger partial charge >= 0.3 is 12.1 Å². The van der Waals surface area contributed by atoms with Crippen molar-refractivity contribution in [1.82, 2.24) is 14.1 Å². The molecule has 1 amide bonds. The van der Waals surface area contributed by atoms with Gasteiger partial charge in [-0.25, -0.2) is 9.78 Å². The van der Waals surface area contributed by atoms with E-state index in [1.807, 2.05) is 6.07 Å². The molecule has 4 aromatic rings. The molecule has 1 atom stereocenters. The van der Waals surface area contributed by atoms with Crippen LogP contribution in [0.25, 0.3) is 21.9 Å². The zero-order valence-corrected chi connectivity index (χ0v) is 22.2. The molecule has 1 aliphatic carbocycles. The second-order valence-corrected chi connectivity index (χ2v) is 10.9. The number of fused-ring (bicyclic) bond motifs is 4. The number of aryl methyl sites for hydroxylation is 2. The summed E-state index contributed by atoms with van der Waals surface area (Å²) in [5.41, 5.74) is 6.36. The molecular formula is C30H34N4O4. The van der Waals surface area contributed by atoms with Crippen molar-refractivity contribution >= 4 is 39.7 Å². The Kier molecular flexibility index (Phi) is 6.13. The second kappa shape index (κ2) is 9.49. The minimum absolute atomic E-state index is 0.0536. The Bertz CT molecular complexity index is 1540. The van der Waals surface area contributed by atoms with Gasteiger partial charge in [-0.15, -0.1) is 0 Å². The third-order valence-corrected chi connectivity index (χ3v) is 8.62. The first-order valence-corrected chi connectivity index (χ1v) is 13.5. The van der Waals surface area contributed by atoms with E-state index in [9.17, 15) is 14.7 Å². The topological polar surface area (TPSA) is 89.6 Å². The highest BCUT2D eigenvalue weighted by Crippen LogP contribution is 2.40. The maximum atomic E-state index is 12.7. The number of amides is 1. The van der Waals surface area contributed by atoms with Crippen LogP contribution in [0.2, 0.25) is 0 Å². The molecule has 8 heteroatoms. The number of hydrogen-bond acceptors (Lipinski definition) is 4. The molecule has 1 fully saturated rings. The summed E-state index contributed by atoms with van der Waals surface area (Å²) in [6, 6.07) is 13.1. The number of aromatic nitrogens is 3. The molecule has 8 nitrogen and oxygen atoms in total. The molecule has 3 heterocycles. The molecule has 38 heavy (non-hydrogen) atoms. The fraction of sp³-hybridized carbons (Fsp3) is 0.433. The molecule has 1 saturated carbocycles. The highest BCUT2D eigenvalue weighted by atomic mass is 16.5. The maximum Gasteiger partial charge on any atom is 0.414 e. The number of hydrogen-bond donors (Lipinski definition) is 1. The van der Waals surface area contributed by atoms with E-state index in [4.69, 9.17) is 9.72 Å². The smallest absolute Gasteiger partial charge is 0.414 e. The molecule has 6 rings (SSSR count). The lowest BCUT2D eigenvalue weighted by Crippen LogP contribution is -2.42. The van der Waals surface area contributed by atoms with Crippen LogP contribution in [-0.4, -0.2) is 44.4 Å². The molecular weight excluding hydrogens is 480 g/mol. The Hall–Kier alpha value is -3.81. The first-order valence-electron chi connectivity index (χ1n) is 13.5.